The first-order valence-corrected chi connectivity index (χ1v) is 10.3. The molecule has 1 amide bonds. The predicted octanol–water partition coefficient (Wildman–Crippen LogP) is 3.30. The SMILES string of the molecule is Cc1ccn(CCc2c[nH]c3ccccc23)c(=O)c1C(=O)NCc1ccc(CO)cc1. The van der Waals surface area contributed by atoms with Crippen LogP contribution in [0.4, 0.5) is 0 Å². The van der Waals surface area contributed by atoms with Crippen molar-refractivity contribution in [2.24, 2.45) is 0 Å². The van der Waals surface area contributed by atoms with Crippen LogP contribution in [0.25, 0.3) is 10.9 Å². The number of nitrogens with zero attached hydrogens (tertiary/aromatic N) is 1. The molecule has 0 aliphatic heterocycles. The fourth-order valence-electron chi connectivity index (χ4n) is 3.73. The lowest BCUT2D eigenvalue weighted by Crippen LogP contribution is -2.34. The summed E-state index contributed by atoms with van der Waals surface area (Å²) in [5.41, 5.74) is 4.47. The van der Waals surface area contributed by atoms with Gasteiger partial charge in [-0.05, 0) is 47.7 Å². The average Bonchev–Trinajstić information content (AvgIpc) is 3.21. The molecular formula is C25H25N3O3. The van der Waals surface area contributed by atoms with Gasteiger partial charge in [0, 0.05) is 36.4 Å². The van der Waals surface area contributed by atoms with Gasteiger partial charge in [0.1, 0.15) is 5.56 Å². The number of amides is 1. The minimum absolute atomic E-state index is 0.0199. The van der Waals surface area contributed by atoms with Crippen LogP contribution in [0.2, 0.25) is 0 Å². The first-order chi connectivity index (χ1) is 15.1. The molecule has 0 spiro atoms. The van der Waals surface area contributed by atoms with Gasteiger partial charge in [-0.1, -0.05) is 42.5 Å². The number of aryl methyl sites for hydroxylation is 3. The Hall–Kier alpha value is -3.64. The van der Waals surface area contributed by atoms with E-state index in [1.54, 1.807) is 17.7 Å². The molecule has 0 atom stereocenters. The maximum atomic E-state index is 13.0. The lowest BCUT2D eigenvalue weighted by Gasteiger charge is -2.11. The average molecular weight is 415 g/mol. The summed E-state index contributed by atoms with van der Waals surface area (Å²) in [4.78, 5) is 29.0. The molecule has 3 N–H and O–H groups in total. The number of hydrogen-bond acceptors (Lipinski definition) is 3. The highest BCUT2D eigenvalue weighted by molar-refractivity contribution is 5.95. The van der Waals surface area contributed by atoms with Crippen LogP contribution in [0.5, 0.6) is 0 Å². The van der Waals surface area contributed by atoms with Gasteiger partial charge in [-0.3, -0.25) is 9.59 Å². The zero-order valence-corrected chi connectivity index (χ0v) is 17.4. The van der Waals surface area contributed by atoms with Crippen molar-refractivity contribution < 1.29 is 9.90 Å². The molecule has 0 saturated heterocycles. The molecule has 2 heterocycles. The number of aromatic nitrogens is 2. The van der Waals surface area contributed by atoms with Gasteiger partial charge >= 0.3 is 0 Å². The third kappa shape index (κ3) is 4.44. The molecule has 4 rings (SSSR count). The van der Waals surface area contributed by atoms with Crippen LogP contribution in [-0.4, -0.2) is 20.6 Å². The van der Waals surface area contributed by atoms with Crippen molar-refractivity contribution in [3.63, 3.8) is 0 Å². The summed E-state index contributed by atoms with van der Waals surface area (Å²) in [6, 6.07) is 17.2. The second kappa shape index (κ2) is 9.02. The van der Waals surface area contributed by atoms with Gasteiger partial charge in [-0.2, -0.15) is 0 Å². The number of H-pyrrole nitrogens is 1. The van der Waals surface area contributed by atoms with E-state index in [9.17, 15) is 9.59 Å². The maximum absolute atomic E-state index is 13.0. The van der Waals surface area contributed by atoms with Gasteiger partial charge in [0.2, 0.25) is 0 Å². The summed E-state index contributed by atoms with van der Waals surface area (Å²) in [5.74, 6) is -0.379. The van der Waals surface area contributed by atoms with Crippen molar-refractivity contribution in [3.8, 4) is 0 Å². The molecule has 6 heteroatoms. The zero-order chi connectivity index (χ0) is 21.8. The van der Waals surface area contributed by atoms with Crippen LogP contribution >= 0.6 is 0 Å². The van der Waals surface area contributed by atoms with Gasteiger partial charge < -0.3 is 20.0 Å². The van der Waals surface area contributed by atoms with E-state index in [0.29, 0.717) is 25.1 Å². The van der Waals surface area contributed by atoms with Crippen molar-refractivity contribution in [2.45, 2.75) is 33.0 Å². The summed E-state index contributed by atoms with van der Waals surface area (Å²) < 4.78 is 1.60. The maximum Gasteiger partial charge on any atom is 0.263 e. The van der Waals surface area contributed by atoms with E-state index in [1.165, 1.54) is 0 Å². The Bertz CT molecular complexity index is 1270. The number of aliphatic hydroxyl groups excluding tert-OH is 1. The number of para-hydroxylation sites is 1. The fraction of sp³-hybridized carbons (Fsp3) is 0.200. The second-order valence-corrected chi connectivity index (χ2v) is 7.64. The van der Waals surface area contributed by atoms with Crippen LogP contribution in [0.3, 0.4) is 0 Å². The molecule has 0 radical (unpaired) electrons. The standard InChI is InChI=1S/C25H25N3O3/c1-17-10-12-28(13-11-20-15-26-22-5-3-2-4-21(20)22)25(31)23(17)24(30)27-14-18-6-8-19(16-29)9-7-18/h2-10,12,15,26,29H,11,13-14,16H2,1H3,(H,27,30). The molecule has 0 aliphatic rings. The van der Waals surface area contributed by atoms with Gasteiger partial charge in [0.15, 0.2) is 0 Å². The molecule has 4 aromatic rings. The summed E-state index contributed by atoms with van der Waals surface area (Å²) in [5, 5.41) is 13.1. The fourth-order valence-corrected chi connectivity index (χ4v) is 3.73. The van der Waals surface area contributed by atoms with Crippen LogP contribution < -0.4 is 10.9 Å². The molecule has 6 nitrogen and oxygen atoms in total. The number of nitrogens with one attached hydrogen (secondary N) is 2. The number of benzene rings is 2. The smallest absolute Gasteiger partial charge is 0.263 e. The lowest BCUT2D eigenvalue weighted by atomic mass is 10.1. The van der Waals surface area contributed by atoms with E-state index in [0.717, 1.165) is 27.6 Å². The predicted molar refractivity (Wildman–Crippen MR) is 121 cm³/mol. The molecule has 2 aromatic heterocycles. The molecule has 2 aromatic carbocycles. The monoisotopic (exact) mass is 415 g/mol. The Kier molecular flexibility index (Phi) is 6.00. The van der Waals surface area contributed by atoms with Crippen molar-refractivity contribution >= 4 is 16.8 Å². The number of rotatable bonds is 7. The van der Waals surface area contributed by atoms with Crippen LogP contribution in [-0.2, 0) is 26.1 Å². The Balaban J connectivity index is 1.48. The van der Waals surface area contributed by atoms with Crippen molar-refractivity contribution in [2.75, 3.05) is 0 Å². The van der Waals surface area contributed by atoms with Crippen LogP contribution in [0.1, 0.15) is 32.6 Å². The molecular weight excluding hydrogens is 390 g/mol. The van der Waals surface area contributed by atoms with Gasteiger partial charge in [0.25, 0.3) is 11.5 Å². The first kappa shape index (κ1) is 20.6. The molecule has 31 heavy (non-hydrogen) atoms. The topological polar surface area (TPSA) is 87.1 Å². The van der Waals surface area contributed by atoms with Crippen molar-refractivity contribution in [3.05, 3.63) is 105 Å². The number of pyridine rings is 1. The van der Waals surface area contributed by atoms with Crippen LogP contribution in [0.15, 0.2) is 71.8 Å². The van der Waals surface area contributed by atoms with Crippen LogP contribution in [0, 0.1) is 6.92 Å². The highest BCUT2D eigenvalue weighted by Gasteiger charge is 2.16. The highest BCUT2D eigenvalue weighted by Crippen LogP contribution is 2.18. The largest absolute Gasteiger partial charge is 0.392 e. The summed E-state index contributed by atoms with van der Waals surface area (Å²) in [6.07, 6.45) is 4.40. The number of carbonyl (C=O) groups excluding carboxylic acids is 1. The number of aliphatic hydroxyl groups is 1. The zero-order valence-electron chi connectivity index (χ0n) is 17.4. The lowest BCUT2D eigenvalue weighted by molar-refractivity contribution is 0.0948. The molecule has 0 unspecified atom stereocenters. The van der Waals surface area contributed by atoms with E-state index >= 15 is 0 Å². The molecule has 158 valence electrons. The summed E-state index contributed by atoms with van der Waals surface area (Å²) in [7, 11) is 0. The van der Waals surface area contributed by atoms with E-state index in [1.807, 2.05) is 54.7 Å². The minimum atomic E-state index is -0.379. The third-order valence-corrected chi connectivity index (χ3v) is 5.56. The first-order valence-electron chi connectivity index (χ1n) is 10.3. The van der Waals surface area contributed by atoms with Gasteiger partial charge in [-0.25, -0.2) is 0 Å². The molecule has 0 saturated carbocycles. The van der Waals surface area contributed by atoms with E-state index < -0.39 is 0 Å². The Labute approximate surface area is 180 Å². The quantitative estimate of drug-likeness (QED) is 0.433. The highest BCUT2D eigenvalue weighted by atomic mass is 16.3. The number of carbonyl (C=O) groups is 1. The Morgan fingerprint density at radius 1 is 1.06 bits per heavy atom. The van der Waals surface area contributed by atoms with Crippen molar-refractivity contribution in [1.29, 1.82) is 0 Å². The summed E-state index contributed by atoms with van der Waals surface area (Å²) in [6.45, 7) is 2.56. The number of hydrogen-bond donors (Lipinski definition) is 3. The molecule has 0 aliphatic carbocycles. The molecule has 0 fully saturated rings. The van der Waals surface area contributed by atoms with E-state index in [4.69, 9.17) is 5.11 Å². The minimum Gasteiger partial charge on any atom is -0.392 e. The van der Waals surface area contributed by atoms with Gasteiger partial charge in [0.05, 0.1) is 6.61 Å². The number of fused-ring (bicyclic) bond motifs is 1. The Morgan fingerprint density at radius 3 is 2.58 bits per heavy atom. The van der Waals surface area contributed by atoms with E-state index in [-0.39, 0.29) is 23.6 Å². The third-order valence-electron chi connectivity index (χ3n) is 5.56. The van der Waals surface area contributed by atoms with Gasteiger partial charge in [-0.15, -0.1) is 0 Å². The Morgan fingerprint density at radius 2 is 1.81 bits per heavy atom. The second-order valence-electron chi connectivity index (χ2n) is 7.64. The normalized spacial score (nSPS) is 11.0. The summed E-state index contributed by atoms with van der Waals surface area (Å²) >= 11 is 0. The number of aromatic amines is 1. The van der Waals surface area contributed by atoms with E-state index in [2.05, 4.69) is 16.4 Å². The van der Waals surface area contributed by atoms with Crippen molar-refractivity contribution in [1.82, 2.24) is 14.9 Å². The molecule has 0 bridgehead atoms.